The number of carbonyl (C=O) groups excluding carboxylic acids is 2. The minimum absolute atomic E-state index is 0.00829. The van der Waals surface area contributed by atoms with Crippen LogP contribution in [0.1, 0.15) is 12.8 Å². The van der Waals surface area contributed by atoms with Gasteiger partial charge < -0.3 is 9.80 Å². The first kappa shape index (κ1) is 10.0. The van der Waals surface area contributed by atoms with Crippen LogP contribution in [0.25, 0.3) is 0 Å². The Morgan fingerprint density at radius 3 is 2.77 bits per heavy atom. The van der Waals surface area contributed by atoms with Crippen molar-refractivity contribution in [3.8, 4) is 0 Å². The Hall–Kier alpha value is -1.06. The number of rotatable bonds is 2. The van der Waals surface area contributed by atoms with E-state index in [1.165, 1.54) is 0 Å². The summed E-state index contributed by atoms with van der Waals surface area (Å²) in [5.41, 5.74) is 0. The highest BCUT2D eigenvalue weighted by Crippen LogP contribution is 2.16. The van der Waals surface area contributed by atoms with Crippen molar-refractivity contribution in [1.82, 2.24) is 9.80 Å². The predicted octanol–water partition coefficient (Wildman–Crippen LogP) is -0.0570. The summed E-state index contributed by atoms with van der Waals surface area (Å²) in [6.07, 6.45) is 2.67. The number of nitrogens with zero attached hydrogens (tertiary/aromatic N) is 2. The first-order valence-corrected chi connectivity index (χ1v) is 4.55. The van der Waals surface area contributed by atoms with Crippen LogP contribution < -0.4 is 0 Å². The van der Waals surface area contributed by atoms with E-state index in [1.807, 2.05) is 0 Å². The maximum Gasteiger partial charge on any atom is 0.226 e. The van der Waals surface area contributed by atoms with Gasteiger partial charge in [-0.05, 0) is 12.8 Å². The molecule has 1 fully saturated rings. The smallest absolute Gasteiger partial charge is 0.226 e. The molecule has 0 aromatic carbocycles. The molecule has 0 bridgehead atoms. The lowest BCUT2D eigenvalue weighted by molar-refractivity contribution is -0.135. The third kappa shape index (κ3) is 2.44. The third-order valence-electron chi connectivity index (χ3n) is 2.39. The Labute approximate surface area is 78.5 Å². The molecule has 0 radical (unpaired) electrons. The fourth-order valence-electron chi connectivity index (χ4n) is 1.67. The largest absolute Gasteiger partial charge is 0.349 e. The van der Waals surface area contributed by atoms with Crippen molar-refractivity contribution >= 4 is 12.3 Å². The van der Waals surface area contributed by atoms with E-state index in [2.05, 4.69) is 0 Å². The van der Waals surface area contributed by atoms with Gasteiger partial charge in [-0.3, -0.25) is 9.59 Å². The normalized spacial score (nSPS) is 22.6. The average Bonchev–Trinajstić information content (AvgIpc) is 2.16. The van der Waals surface area contributed by atoms with Gasteiger partial charge in [-0.15, -0.1) is 0 Å². The number of piperidine rings is 1. The molecule has 1 atom stereocenters. The maximum atomic E-state index is 11.5. The fourth-order valence-corrected chi connectivity index (χ4v) is 1.67. The first-order chi connectivity index (χ1) is 6.15. The number of carbonyl (C=O) groups is 2. The van der Waals surface area contributed by atoms with Gasteiger partial charge in [-0.2, -0.15) is 0 Å². The van der Waals surface area contributed by atoms with E-state index in [1.54, 1.807) is 23.9 Å². The van der Waals surface area contributed by atoms with Crippen molar-refractivity contribution < 1.29 is 9.59 Å². The van der Waals surface area contributed by atoms with Crippen molar-refractivity contribution in [2.75, 3.05) is 27.2 Å². The molecular weight excluding hydrogens is 168 g/mol. The lowest BCUT2D eigenvalue weighted by Crippen LogP contribution is -2.41. The van der Waals surface area contributed by atoms with E-state index in [0.29, 0.717) is 6.54 Å². The molecule has 2 amide bonds. The molecule has 1 aliphatic rings. The zero-order valence-corrected chi connectivity index (χ0v) is 8.19. The number of hydrogen-bond acceptors (Lipinski definition) is 2. The van der Waals surface area contributed by atoms with E-state index in [4.69, 9.17) is 0 Å². The van der Waals surface area contributed by atoms with E-state index < -0.39 is 0 Å². The summed E-state index contributed by atoms with van der Waals surface area (Å²) in [6, 6.07) is 0. The molecular formula is C9H16N2O2. The molecule has 0 aromatic heterocycles. The molecule has 0 aliphatic carbocycles. The van der Waals surface area contributed by atoms with E-state index in [0.717, 1.165) is 25.8 Å². The van der Waals surface area contributed by atoms with Crippen LogP contribution in [-0.2, 0) is 9.59 Å². The van der Waals surface area contributed by atoms with Gasteiger partial charge >= 0.3 is 0 Å². The molecule has 0 aromatic rings. The Morgan fingerprint density at radius 2 is 2.23 bits per heavy atom. The Kier molecular flexibility index (Phi) is 3.28. The second-order valence-corrected chi connectivity index (χ2v) is 3.67. The Bertz CT molecular complexity index is 204. The summed E-state index contributed by atoms with van der Waals surface area (Å²) >= 11 is 0. The van der Waals surface area contributed by atoms with Gasteiger partial charge in [-0.1, -0.05) is 0 Å². The van der Waals surface area contributed by atoms with E-state index in [-0.39, 0.29) is 11.8 Å². The van der Waals surface area contributed by atoms with Gasteiger partial charge in [0.25, 0.3) is 0 Å². The second-order valence-electron chi connectivity index (χ2n) is 3.67. The Morgan fingerprint density at radius 1 is 1.54 bits per heavy atom. The molecule has 4 heteroatoms. The van der Waals surface area contributed by atoms with Crippen molar-refractivity contribution in [2.24, 2.45) is 5.92 Å². The van der Waals surface area contributed by atoms with Crippen molar-refractivity contribution in [3.63, 3.8) is 0 Å². The van der Waals surface area contributed by atoms with Gasteiger partial charge in [0.2, 0.25) is 12.3 Å². The van der Waals surface area contributed by atoms with Crippen LogP contribution in [0.5, 0.6) is 0 Å². The van der Waals surface area contributed by atoms with Gasteiger partial charge in [-0.25, -0.2) is 0 Å². The quantitative estimate of drug-likeness (QED) is 0.564. The third-order valence-corrected chi connectivity index (χ3v) is 2.39. The van der Waals surface area contributed by atoms with Crippen molar-refractivity contribution in [3.05, 3.63) is 0 Å². The van der Waals surface area contributed by atoms with E-state index >= 15 is 0 Å². The highest BCUT2D eigenvalue weighted by molar-refractivity contribution is 5.78. The topological polar surface area (TPSA) is 40.6 Å². The molecule has 1 unspecified atom stereocenters. The molecule has 13 heavy (non-hydrogen) atoms. The molecule has 1 heterocycles. The van der Waals surface area contributed by atoms with Crippen LogP contribution in [0.3, 0.4) is 0 Å². The van der Waals surface area contributed by atoms with Gasteiger partial charge in [0, 0.05) is 27.2 Å². The van der Waals surface area contributed by atoms with Gasteiger partial charge in [0.05, 0.1) is 5.92 Å². The lowest BCUT2D eigenvalue weighted by Gasteiger charge is -2.30. The van der Waals surface area contributed by atoms with Crippen LogP contribution in [0.15, 0.2) is 0 Å². The minimum atomic E-state index is 0.00829. The summed E-state index contributed by atoms with van der Waals surface area (Å²) in [5, 5.41) is 0. The summed E-state index contributed by atoms with van der Waals surface area (Å²) < 4.78 is 0. The monoisotopic (exact) mass is 184 g/mol. The molecule has 1 aliphatic heterocycles. The van der Waals surface area contributed by atoms with Crippen LogP contribution in [0.2, 0.25) is 0 Å². The van der Waals surface area contributed by atoms with Gasteiger partial charge in [0.15, 0.2) is 0 Å². The lowest BCUT2D eigenvalue weighted by atomic mass is 9.97. The summed E-state index contributed by atoms with van der Waals surface area (Å²) in [6.45, 7) is 1.38. The molecule has 4 nitrogen and oxygen atoms in total. The zero-order valence-electron chi connectivity index (χ0n) is 8.19. The average molecular weight is 184 g/mol. The highest BCUT2D eigenvalue weighted by Gasteiger charge is 2.25. The minimum Gasteiger partial charge on any atom is -0.349 e. The standard InChI is InChI=1S/C9H16N2O2/c1-10(2)9(13)8-4-3-5-11(6-8)7-12/h7-8H,3-6H2,1-2H3. The first-order valence-electron chi connectivity index (χ1n) is 4.55. The van der Waals surface area contributed by atoms with Crippen LogP contribution in [0, 0.1) is 5.92 Å². The predicted molar refractivity (Wildman–Crippen MR) is 49.1 cm³/mol. The van der Waals surface area contributed by atoms with Crippen molar-refractivity contribution in [2.45, 2.75) is 12.8 Å². The fraction of sp³-hybridized carbons (Fsp3) is 0.778. The van der Waals surface area contributed by atoms with Gasteiger partial charge in [0.1, 0.15) is 0 Å². The molecule has 0 spiro atoms. The molecule has 74 valence electrons. The SMILES string of the molecule is CN(C)C(=O)C1CCCN(C=O)C1. The zero-order chi connectivity index (χ0) is 9.84. The summed E-state index contributed by atoms with van der Waals surface area (Å²) in [5.74, 6) is 0.139. The van der Waals surface area contributed by atoms with Crippen LogP contribution >= 0.6 is 0 Å². The van der Waals surface area contributed by atoms with Crippen molar-refractivity contribution in [1.29, 1.82) is 0 Å². The van der Waals surface area contributed by atoms with Crippen LogP contribution in [0.4, 0.5) is 0 Å². The van der Waals surface area contributed by atoms with E-state index in [9.17, 15) is 9.59 Å². The molecule has 1 rings (SSSR count). The van der Waals surface area contributed by atoms with Crippen LogP contribution in [-0.4, -0.2) is 49.3 Å². The number of likely N-dealkylation sites (tertiary alicyclic amines) is 1. The number of amides is 2. The summed E-state index contributed by atoms with van der Waals surface area (Å²) in [4.78, 5) is 25.3. The maximum absolute atomic E-state index is 11.5. The molecule has 0 saturated carbocycles. The summed E-state index contributed by atoms with van der Waals surface area (Å²) in [7, 11) is 3.50. The molecule has 0 N–H and O–H groups in total. The second kappa shape index (κ2) is 4.25. The Balaban J connectivity index is 2.51. The number of hydrogen-bond donors (Lipinski definition) is 0. The highest BCUT2D eigenvalue weighted by atomic mass is 16.2. The molecule has 1 saturated heterocycles.